The number of nitrogens with zero attached hydrogens (tertiary/aromatic N) is 1. The predicted molar refractivity (Wildman–Crippen MR) is 100 cm³/mol. The van der Waals surface area contributed by atoms with Gasteiger partial charge >= 0.3 is 0 Å². The highest BCUT2D eigenvalue weighted by Gasteiger charge is 2.01. The lowest BCUT2D eigenvalue weighted by Gasteiger charge is -2.11. The second-order valence-electron chi connectivity index (χ2n) is 5.75. The van der Waals surface area contributed by atoms with Crippen LogP contribution >= 0.6 is 11.6 Å². The van der Waals surface area contributed by atoms with Crippen molar-refractivity contribution in [3.63, 3.8) is 0 Å². The second kappa shape index (κ2) is 8.76. The molecule has 0 radical (unpaired) electrons. The zero-order valence-electron chi connectivity index (χ0n) is 14.1. The van der Waals surface area contributed by atoms with Crippen molar-refractivity contribution in [2.45, 2.75) is 13.3 Å². The van der Waals surface area contributed by atoms with Crippen molar-refractivity contribution < 1.29 is 4.74 Å². The third-order valence-corrected chi connectivity index (χ3v) is 3.88. The first-order valence-electron chi connectivity index (χ1n) is 7.92. The van der Waals surface area contributed by atoms with E-state index in [1.54, 1.807) is 0 Å². The number of hydrogen-bond acceptors (Lipinski definition) is 2. The molecule has 0 aliphatic heterocycles. The molecule has 0 fully saturated rings. The molecule has 2 aromatic rings. The molecule has 0 heterocycles. The van der Waals surface area contributed by atoms with E-state index in [0.717, 1.165) is 23.7 Å². The number of hydrogen-bond donors (Lipinski definition) is 0. The number of allylic oxidation sites excluding steroid dienone is 1. The average Bonchev–Trinajstić information content (AvgIpc) is 2.54. The van der Waals surface area contributed by atoms with Crippen LogP contribution in [-0.4, -0.2) is 32.1 Å². The minimum atomic E-state index is 0.702. The van der Waals surface area contributed by atoms with E-state index in [4.69, 9.17) is 16.3 Å². The van der Waals surface area contributed by atoms with Gasteiger partial charge in [-0.05, 0) is 61.5 Å². The first kappa shape index (κ1) is 17.6. The maximum absolute atomic E-state index is 5.96. The van der Waals surface area contributed by atoms with E-state index in [-0.39, 0.29) is 0 Å². The van der Waals surface area contributed by atoms with Gasteiger partial charge in [0.2, 0.25) is 0 Å². The highest BCUT2D eigenvalue weighted by atomic mass is 35.5. The van der Waals surface area contributed by atoms with Gasteiger partial charge in [0.05, 0.1) is 0 Å². The van der Waals surface area contributed by atoms with Gasteiger partial charge in [0.1, 0.15) is 12.4 Å². The van der Waals surface area contributed by atoms with Gasteiger partial charge in [0, 0.05) is 11.6 Å². The summed E-state index contributed by atoms with van der Waals surface area (Å²) in [5.41, 5.74) is 3.68. The van der Waals surface area contributed by atoms with Gasteiger partial charge in [-0.25, -0.2) is 0 Å². The third kappa shape index (κ3) is 5.74. The van der Waals surface area contributed by atoms with Crippen molar-refractivity contribution in [3.8, 4) is 5.75 Å². The van der Waals surface area contributed by atoms with Gasteiger partial charge in [0.15, 0.2) is 0 Å². The van der Waals surface area contributed by atoms with Crippen molar-refractivity contribution in [2.75, 3.05) is 27.2 Å². The summed E-state index contributed by atoms with van der Waals surface area (Å²) >= 11 is 5.96. The second-order valence-corrected chi connectivity index (χ2v) is 6.19. The van der Waals surface area contributed by atoms with Gasteiger partial charge in [-0.3, -0.25) is 0 Å². The molecule has 0 aromatic heterocycles. The Hall–Kier alpha value is -1.77. The van der Waals surface area contributed by atoms with Crippen LogP contribution in [0.3, 0.4) is 0 Å². The Bertz CT molecular complexity index is 630. The Labute approximate surface area is 144 Å². The van der Waals surface area contributed by atoms with E-state index in [1.807, 2.05) is 38.4 Å². The molecule has 0 N–H and O–H groups in total. The summed E-state index contributed by atoms with van der Waals surface area (Å²) in [6, 6.07) is 16.2. The zero-order valence-corrected chi connectivity index (χ0v) is 14.8. The summed E-state index contributed by atoms with van der Waals surface area (Å²) in [7, 11) is 4.08. The van der Waals surface area contributed by atoms with Crippen LogP contribution in [0.4, 0.5) is 0 Å². The standard InChI is InChI=1S/C20H24ClNO/c1-4-17(18-7-9-19(21)10-8-18)15-16-5-11-20(12-6-16)23-14-13-22(2)3/h5-12,15H,4,13-14H2,1-3H3/b17-15-. The lowest BCUT2D eigenvalue weighted by molar-refractivity contribution is 0.261. The van der Waals surface area contributed by atoms with Gasteiger partial charge < -0.3 is 9.64 Å². The molecule has 2 nitrogen and oxygen atoms in total. The number of halogens is 1. The largest absolute Gasteiger partial charge is 0.492 e. The highest BCUT2D eigenvalue weighted by Crippen LogP contribution is 2.24. The van der Waals surface area contributed by atoms with Crippen molar-refractivity contribution >= 4 is 23.3 Å². The first-order chi connectivity index (χ1) is 11.1. The summed E-state index contributed by atoms with van der Waals surface area (Å²) in [6.45, 7) is 3.78. The van der Waals surface area contributed by atoms with Gasteiger partial charge in [0.25, 0.3) is 0 Å². The van der Waals surface area contributed by atoms with Crippen molar-refractivity contribution in [3.05, 3.63) is 64.7 Å². The number of benzene rings is 2. The fourth-order valence-corrected chi connectivity index (χ4v) is 2.39. The van der Waals surface area contributed by atoms with Crippen LogP contribution in [0, 0.1) is 0 Å². The topological polar surface area (TPSA) is 12.5 Å². The molecule has 0 saturated heterocycles. The Morgan fingerprint density at radius 2 is 1.70 bits per heavy atom. The highest BCUT2D eigenvalue weighted by molar-refractivity contribution is 6.30. The van der Waals surface area contributed by atoms with E-state index in [2.05, 4.69) is 42.2 Å². The Morgan fingerprint density at radius 3 is 2.26 bits per heavy atom. The summed E-state index contributed by atoms with van der Waals surface area (Å²) in [6.07, 6.45) is 3.19. The van der Waals surface area contributed by atoms with E-state index in [1.165, 1.54) is 16.7 Å². The van der Waals surface area contributed by atoms with Crippen LogP contribution in [0.2, 0.25) is 5.02 Å². The fraction of sp³-hybridized carbons (Fsp3) is 0.300. The minimum Gasteiger partial charge on any atom is -0.492 e. The molecule has 122 valence electrons. The summed E-state index contributed by atoms with van der Waals surface area (Å²) in [5, 5.41) is 0.767. The quantitative estimate of drug-likeness (QED) is 0.645. The minimum absolute atomic E-state index is 0.702. The molecule has 0 aliphatic carbocycles. The smallest absolute Gasteiger partial charge is 0.119 e. The van der Waals surface area contributed by atoms with E-state index < -0.39 is 0 Å². The Kier molecular flexibility index (Phi) is 6.69. The Morgan fingerprint density at radius 1 is 1.04 bits per heavy atom. The lowest BCUT2D eigenvalue weighted by atomic mass is 10.0. The average molecular weight is 330 g/mol. The summed E-state index contributed by atoms with van der Waals surface area (Å²) in [5.74, 6) is 0.911. The monoisotopic (exact) mass is 329 g/mol. The maximum Gasteiger partial charge on any atom is 0.119 e. The Balaban J connectivity index is 2.06. The summed E-state index contributed by atoms with van der Waals surface area (Å²) < 4.78 is 5.72. The lowest BCUT2D eigenvalue weighted by Crippen LogP contribution is -2.19. The zero-order chi connectivity index (χ0) is 16.7. The summed E-state index contributed by atoms with van der Waals surface area (Å²) in [4.78, 5) is 2.11. The van der Waals surface area contributed by atoms with Crippen LogP contribution in [0.5, 0.6) is 5.75 Å². The van der Waals surface area contributed by atoms with Crippen molar-refractivity contribution in [1.29, 1.82) is 0 Å². The molecule has 0 amide bonds. The molecular formula is C20H24ClNO. The molecule has 0 aliphatic rings. The van der Waals surface area contributed by atoms with Crippen LogP contribution < -0.4 is 4.74 Å². The molecule has 0 saturated carbocycles. The normalized spacial score (nSPS) is 11.8. The van der Waals surface area contributed by atoms with E-state index in [9.17, 15) is 0 Å². The van der Waals surface area contributed by atoms with Crippen LogP contribution in [-0.2, 0) is 0 Å². The fourth-order valence-electron chi connectivity index (χ4n) is 2.26. The van der Waals surface area contributed by atoms with Crippen molar-refractivity contribution in [2.24, 2.45) is 0 Å². The molecule has 0 unspecified atom stereocenters. The predicted octanol–water partition coefficient (Wildman–Crippen LogP) is 5.23. The maximum atomic E-state index is 5.96. The van der Waals surface area contributed by atoms with E-state index in [0.29, 0.717) is 6.61 Å². The van der Waals surface area contributed by atoms with Gasteiger partial charge in [-0.1, -0.05) is 48.9 Å². The first-order valence-corrected chi connectivity index (χ1v) is 8.30. The molecule has 3 heteroatoms. The molecule has 23 heavy (non-hydrogen) atoms. The number of likely N-dealkylation sites (N-methyl/N-ethyl adjacent to an activating group) is 1. The van der Waals surface area contributed by atoms with Crippen LogP contribution in [0.1, 0.15) is 24.5 Å². The molecule has 0 bridgehead atoms. The third-order valence-electron chi connectivity index (χ3n) is 3.62. The van der Waals surface area contributed by atoms with Crippen LogP contribution in [0.25, 0.3) is 11.6 Å². The SMILES string of the molecule is CC/C(=C/c1ccc(OCCN(C)C)cc1)c1ccc(Cl)cc1. The van der Waals surface area contributed by atoms with E-state index >= 15 is 0 Å². The molecule has 0 atom stereocenters. The molecule has 2 aromatic carbocycles. The number of rotatable bonds is 7. The van der Waals surface area contributed by atoms with Crippen LogP contribution in [0.15, 0.2) is 48.5 Å². The molecular weight excluding hydrogens is 306 g/mol. The molecule has 0 spiro atoms. The van der Waals surface area contributed by atoms with Gasteiger partial charge in [-0.2, -0.15) is 0 Å². The number of ether oxygens (including phenoxy) is 1. The van der Waals surface area contributed by atoms with Gasteiger partial charge in [-0.15, -0.1) is 0 Å². The van der Waals surface area contributed by atoms with Crippen molar-refractivity contribution in [1.82, 2.24) is 4.90 Å². The molecule has 2 rings (SSSR count).